The lowest BCUT2D eigenvalue weighted by Gasteiger charge is -2.23. The van der Waals surface area contributed by atoms with Crippen LogP contribution in [0.25, 0.3) is 0 Å². The number of nitrogens with zero attached hydrogens (tertiary/aromatic N) is 3. The fourth-order valence-corrected chi connectivity index (χ4v) is 3.04. The topological polar surface area (TPSA) is 86.1 Å². The maximum Gasteiger partial charge on any atom is 0.339 e. The molecule has 1 aromatic heterocycles. The van der Waals surface area contributed by atoms with Crippen LogP contribution in [0.4, 0.5) is 0 Å². The number of ether oxygens (including phenoxy) is 1. The molecule has 0 aliphatic carbocycles. The minimum atomic E-state index is -0.793. The number of benzene rings is 2. The first-order valence-corrected chi connectivity index (χ1v) is 8.66. The summed E-state index contributed by atoms with van der Waals surface area (Å²) >= 11 is 0. The Morgan fingerprint density at radius 1 is 1.15 bits per heavy atom. The molecule has 1 aliphatic heterocycles. The Hall–Kier alpha value is -3.48. The van der Waals surface area contributed by atoms with E-state index >= 15 is 0 Å². The van der Waals surface area contributed by atoms with Crippen LogP contribution in [0.5, 0.6) is 0 Å². The van der Waals surface area contributed by atoms with Gasteiger partial charge in [-0.25, -0.2) is 14.5 Å². The number of carbonyl (C=O) groups is 2. The maximum absolute atomic E-state index is 12.4. The summed E-state index contributed by atoms with van der Waals surface area (Å²) in [5, 5.41) is 6.92. The van der Waals surface area contributed by atoms with Crippen LogP contribution < -0.4 is 5.32 Å². The molecule has 0 bridgehead atoms. The molecule has 3 aromatic rings. The second-order valence-electron chi connectivity index (χ2n) is 6.38. The van der Waals surface area contributed by atoms with Gasteiger partial charge in [0.15, 0.2) is 6.10 Å². The third-order valence-corrected chi connectivity index (χ3v) is 4.49. The van der Waals surface area contributed by atoms with E-state index in [9.17, 15) is 9.59 Å². The van der Waals surface area contributed by atoms with Crippen LogP contribution in [0.1, 0.15) is 27.0 Å². The number of esters is 1. The first-order chi connectivity index (χ1) is 13.2. The van der Waals surface area contributed by atoms with Gasteiger partial charge in [0.25, 0.3) is 5.91 Å². The summed E-state index contributed by atoms with van der Waals surface area (Å²) in [6.07, 6.45) is 2.77. The molecule has 7 nitrogen and oxygen atoms in total. The molecule has 136 valence electrons. The van der Waals surface area contributed by atoms with Gasteiger partial charge in [0.2, 0.25) is 0 Å². The third kappa shape index (κ3) is 3.87. The van der Waals surface area contributed by atoms with E-state index in [4.69, 9.17) is 4.74 Å². The molecule has 0 fully saturated rings. The number of nitrogens with one attached hydrogen (secondary N) is 1. The van der Waals surface area contributed by atoms with Gasteiger partial charge in [-0.15, -0.1) is 0 Å². The number of amides is 1. The summed E-state index contributed by atoms with van der Waals surface area (Å²) in [7, 11) is 0. The highest BCUT2D eigenvalue weighted by molar-refractivity contribution is 5.95. The highest BCUT2D eigenvalue weighted by Crippen LogP contribution is 2.20. The van der Waals surface area contributed by atoms with Crippen molar-refractivity contribution < 1.29 is 14.3 Å². The molecule has 0 spiro atoms. The molecule has 0 saturated heterocycles. The quantitative estimate of drug-likeness (QED) is 0.699. The Bertz CT molecular complexity index is 952. The standard InChI is InChI=1S/C20H18N4O3/c25-19(18-9-16-3-1-2-4-17(16)20(26)27-18)22-10-14-5-7-15(8-6-14)11-24-13-21-12-23-24/h1-8,12-13,18H,9-11H2,(H,22,25). The normalized spacial score (nSPS) is 15.7. The molecule has 2 heterocycles. The molecule has 1 N–H and O–H groups in total. The molecular formula is C20H18N4O3. The van der Waals surface area contributed by atoms with Gasteiger partial charge in [0.05, 0.1) is 12.1 Å². The first-order valence-electron chi connectivity index (χ1n) is 8.66. The summed E-state index contributed by atoms with van der Waals surface area (Å²) in [5.74, 6) is -0.737. The minimum Gasteiger partial charge on any atom is -0.448 e. The molecule has 0 saturated carbocycles. The van der Waals surface area contributed by atoms with Gasteiger partial charge in [-0.05, 0) is 22.8 Å². The number of aromatic nitrogens is 3. The van der Waals surface area contributed by atoms with Gasteiger partial charge < -0.3 is 10.1 Å². The van der Waals surface area contributed by atoms with Crippen LogP contribution in [-0.4, -0.2) is 32.7 Å². The molecule has 1 aliphatic rings. The van der Waals surface area contributed by atoms with Crippen molar-refractivity contribution in [2.45, 2.75) is 25.6 Å². The molecule has 4 rings (SSSR count). The van der Waals surface area contributed by atoms with Crippen molar-refractivity contribution >= 4 is 11.9 Å². The zero-order chi connectivity index (χ0) is 18.6. The Morgan fingerprint density at radius 2 is 1.93 bits per heavy atom. The summed E-state index contributed by atoms with van der Waals surface area (Å²) in [6, 6.07) is 15.1. The van der Waals surface area contributed by atoms with Crippen LogP contribution in [0.15, 0.2) is 61.2 Å². The molecule has 7 heteroatoms. The van der Waals surface area contributed by atoms with Gasteiger partial charge in [-0.2, -0.15) is 5.10 Å². The second-order valence-corrected chi connectivity index (χ2v) is 6.38. The van der Waals surface area contributed by atoms with E-state index in [0.717, 1.165) is 16.7 Å². The lowest BCUT2D eigenvalue weighted by Crippen LogP contribution is -2.41. The zero-order valence-corrected chi connectivity index (χ0v) is 14.5. The van der Waals surface area contributed by atoms with Gasteiger partial charge in [0, 0.05) is 13.0 Å². The number of fused-ring (bicyclic) bond motifs is 1. The van der Waals surface area contributed by atoms with Crippen molar-refractivity contribution in [3.63, 3.8) is 0 Å². The monoisotopic (exact) mass is 362 g/mol. The van der Waals surface area contributed by atoms with E-state index in [1.165, 1.54) is 6.33 Å². The van der Waals surface area contributed by atoms with Crippen LogP contribution in [0.3, 0.4) is 0 Å². The van der Waals surface area contributed by atoms with E-state index in [-0.39, 0.29) is 5.91 Å². The number of hydrogen-bond acceptors (Lipinski definition) is 5. The van der Waals surface area contributed by atoms with E-state index < -0.39 is 12.1 Å². The molecule has 1 unspecified atom stereocenters. The number of carbonyl (C=O) groups excluding carboxylic acids is 2. The zero-order valence-electron chi connectivity index (χ0n) is 14.5. The Kier molecular flexibility index (Phi) is 4.65. The Balaban J connectivity index is 1.33. The van der Waals surface area contributed by atoms with Gasteiger partial charge >= 0.3 is 5.97 Å². The average Bonchev–Trinajstić information content (AvgIpc) is 3.20. The third-order valence-electron chi connectivity index (χ3n) is 4.49. The smallest absolute Gasteiger partial charge is 0.339 e. The maximum atomic E-state index is 12.4. The molecule has 27 heavy (non-hydrogen) atoms. The van der Waals surface area contributed by atoms with Gasteiger partial charge in [-0.1, -0.05) is 42.5 Å². The number of rotatable bonds is 5. The highest BCUT2D eigenvalue weighted by atomic mass is 16.5. The minimum absolute atomic E-state index is 0.287. The van der Waals surface area contributed by atoms with E-state index in [0.29, 0.717) is 25.1 Å². The molecule has 0 radical (unpaired) electrons. The predicted octanol–water partition coefficient (Wildman–Crippen LogP) is 1.72. The van der Waals surface area contributed by atoms with E-state index in [2.05, 4.69) is 15.4 Å². The van der Waals surface area contributed by atoms with Crippen LogP contribution >= 0.6 is 0 Å². The first kappa shape index (κ1) is 17.0. The molecule has 1 atom stereocenters. The van der Waals surface area contributed by atoms with Crippen molar-refractivity contribution in [1.29, 1.82) is 0 Å². The van der Waals surface area contributed by atoms with Gasteiger partial charge in [-0.3, -0.25) is 4.79 Å². The van der Waals surface area contributed by atoms with Gasteiger partial charge in [0.1, 0.15) is 12.7 Å². The molecular weight excluding hydrogens is 344 g/mol. The Labute approximate surface area is 156 Å². The summed E-state index contributed by atoms with van der Waals surface area (Å²) in [6.45, 7) is 1.02. The van der Waals surface area contributed by atoms with Crippen LogP contribution in [0.2, 0.25) is 0 Å². The fraction of sp³-hybridized carbons (Fsp3) is 0.200. The van der Waals surface area contributed by atoms with E-state index in [1.54, 1.807) is 23.1 Å². The van der Waals surface area contributed by atoms with Crippen molar-refractivity contribution in [1.82, 2.24) is 20.1 Å². The van der Waals surface area contributed by atoms with Crippen molar-refractivity contribution in [3.8, 4) is 0 Å². The lowest BCUT2D eigenvalue weighted by molar-refractivity contribution is -0.130. The SMILES string of the molecule is O=C1OC(C(=O)NCc2ccc(Cn3cncn3)cc2)Cc2ccccc21. The average molecular weight is 362 g/mol. The lowest BCUT2D eigenvalue weighted by atomic mass is 9.98. The van der Waals surface area contributed by atoms with Crippen LogP contribution in [-0.2, 0) is 29.0 Å². The van der Waals surface area contributed by atoms with E-state index in [1.807, 2.05) is 36.4 Å². The summed E-state index contributed by atoms with van der Waals surface area (Å²) in [4.78, 5) is 28.3. The molecule has 2 aromatic carbocycles. The van der Waals surface area contributed by atoms with Crippen LogP contribution in [0, 0.1) is 0 Å². The van der Waals surface area contributed by atoms with Crippen molar-refractivity contribution in [3.05, 3.63) is 83.4 Å². The second kappa shape index (κ2) is 7.41. The summed E-state index contributed by atoms with van der Waals surface area (Å²) in [5.41, 5.74) is 3.43. The summed E-state index contributed by atoms with van der Waals surface area (Å²) < 4.78 is 7.02. The van der Waals surface area contributed by atoms with Crippen molar-refractivity contribution in [2.24, 2.45) is 0 Å². The fourth-order valence-electron chi connectivity index (χ4n) is 3.04. The Morgan fingerprint density at radius 3 is 2.70 bits per heavy atom. The number of hydrogen-bond donors (Lipinski definition) is 1. The van der Waals surface area contributed by atoms with Crippen molar-refractivity contribution in [2.75, 3.05) is 0 Å². The molecule has 1 amide bonds. The largest absolute Gasteiger partial charge is 0.448 e. The highest BCUT2D eigenvalue weighted by Gasteiger charge is 2.30. The predicted molar refractivity (Wildman–Crippen MR) is 96.8 cm³/mol. The number of cyclic esters (lactones) is 1.